The fourth-order valence-corrected chi connectivity index (χ4v) is 1.42. The normalized spacial score (nSPS) is 12.0. The second-order valence-corrected chi connectivity index (χ2v) is 3.83. The van der Waals surface area contributed by atoms with Gasteiger partial charge in [-0.2, -0.15) is 0 Å². The van der Waals surface area contributed by atoms with E-state index in [2.05, 4.69) is 10.1 Å². The molecule has 0 saturated carbocycles. The number of benzene rings is 1. The van der Waals surface area contributed by atoms with Crippen LogP contribution >= 0.6 is 11.6 Å². The van der Waals surface area contributed by atoms with Crippen molar-refractivity contribution < 1.29 is 9.53 Å². The maximum Gasteiger partial charge on any atom is 0.329 e. The fraction of sp³-hybridized carbons (Fsp3) is 0.364. The van der Waals surface area contributed by atoms with Crippen LogP contribution in [0.3, 0.4) is 0 Å². The molecule has 5 heteroatoms. The number of nitrogens with two attached hydrogens (primary N) is 1. The minimum Gasteiger partial charge on any atom is -0.467 e. The summed E-state index contributed by atoms with van der Waals surface area (Å²) in [4.78, 5) is 11.3. The van der Waals surface area contributed by atoms with E-state index in [0.717, 1.165) is 11.3 Å². The number of aryl methyl sites for hydroxylation is 1. The number of carbonyl (C=O) groups excluding carboxylic acids is 1. The molecule has 1 atom stereocenters. The van der Waals surface area contributed by atoms with Gasteiger partial charge in [0.05, 0.1) is 7.11 Å². The SMILES string of the molecule is COC(=O)C(CN)Nc1ccc(C)c(Cl)c1. The molecule has 0 bridgehead atoms. The summed E-state index contributed by atoms with van der Waals surface area (Å²) in [6.07, 6.45) is 0. The van der Waals surface area contributed by atoms with Gasteiger partial charge in [-0.25, -0.2) is 4.79 Å². The van der Waals surface area contributed by atoms with E-state index in [-0.39, 0.29) is 12.5 Å². The van der Waals surface area contributed by atoms with Crippen molar-refractivity contribution in [2.45, 2.75) is 13.0 Å². The molecule has 0 aliphatic carbocycles. The third-order valence-corrected chi connectivity index (χ3v) is 2.64. The first-order valence-electron chi connectivity index (χ1n) is 4.89. The molecule has 88 valence electrons. The van der Waals surface area contributed by atoms with Crippen molar-refractivity contribution in [3.8, 4) is 0 Å². The minimum atomic E-state index is -0.552. The van der Waals surface area contributed by atoms with Gasteiger partial charge in [-0.1, -0.05) is 17.7 Å². The van der Waals surface area contributed by atoms with Crippen LogP contribution in [0.2, 0.25) is 5.02 Å². The van der Waals surface area contributed by atoms with Gasteiger partial charge >= 0.3 is 5.97 Å². The molecule has 1 rings (SSSR count). The molecule has 0 amide bonds. The van der Waals surface area contributed by atoms with Crippen molar-refractivity contribution in [1.82, 2.24) is 0 Å². The lowest BCUT2D eigenvalue weighted by molar-refractivity contribution is -0.141. The quantitative estimate of drug-likeness (QED) is 0.787. The summed E-state index contributed by atoms with van der Waals surface area (Å²) in [7, 11) is 1.33. The molecular formula is C11H15ClN2O2. The highest BCUT2D eigenvalue weighted by atomic mass is 35.5. The van der Waals surface area contributed by atoms with E-state index in [1.54, 1.807) is 6.07 Å². The molecule has 0 aliphatic rings. The number of nitrogens with one attached hydrogen (secondary N) is 1. The number of esters is 1. The van der Waals surface area contributed by atoms with Crippen LogP contribution in [-0.4, -0.2) is 25.7 Å². The van der Waals surface area contributed by atoms with Crippen molar-refractivity contribution in [3.63, 3.8) is 0 Å². The topological polar surface area (TPSA) is 64.3 Å². The van der Waals surface area contributed by atoms with Gasteiger partial charge in [0.25, 0.3) is 0 Å². The van der Waals surface area contributed by atoms with Gasteiger partial charge in [0, 0.05) is 17.3 Å². The number of carbonyl (C=O) groups is 1. The molecule has 1 unspecified atom stereocenters. The molecule has 3 N–H and O–H groups in total. The number of rotatable bonds is 4. The Morgan fingerprint density at radius 3 is 2.81 bits per heavy atom. The van der Waals surface area contributed by atoms with Crippen molar-refractivity contribution >= 4 is 23.3 Å². The zero-order valence-electron chi connectivity index (χ0n) is 9.29. The number of methoxy groups -OCH3 is 1. The molecule has 0 radical (unpaired) electrons. The Labute approximate surface area is 99.7 Å². The lowest BCUT2D eigenvalue weighted by atomic mass is 10.2. The number of halogens is 1. The Morgan fingerprint density at radius 1 is 1.62 bits per heavy atom. The van der Waals surface area contributed by atoms with Gasteiger partial charge in [0.1, 0.15) is 6.04 Å². The Hall–Kier alpha value is -1.26. The molecule has 1 aromatic carbocycles. The number of ether oxygens (including phenoxy) is 1. The monoisotopic (exact) mass is 242 g/mol. The molecule has 0 spiro atoms. The summed E-state index contributed by atoms with van der Waals surface area (Å²) in [5, 5.41) is 3.61. The Morgan fingerprint density at radius 2 is 2.31 bits per heavy atom. The van der Waals surface area contributed by atoms with E-state index >= 15 is 0 Å². The van der Waals surface area contributed by atoms with Gasteiger partial charge in [-0.3, -0.25) is 0 Å². The Bertz CT molecular complexity index is 382. The molecule has 0 heterocycles. The van der Waals surface area contributed by atoms with Gasteiger partial charge < -0.3 is 15.8 Å². The predicted octanol–water partition coefficient (Wildman–Crippen LogP) is 1.56. The van der Waals surface area contributed by atoms with Crippen LogP contribution in [-0.2, 0) is 9.53 Å². The van der Waals surface area contributed by atoms with Gasteiger partial charge in [-0.15, -0.1) is 0 Å². The predicted molar refractivity (Wildman–Crippen MR) is 64.7 cm³/mol. The standard InChI is InChI=1S/C11H15ClN2O2/c1-7-3-4-8(5-9(7)12)14-10(6-13)11(15)16-2/h3-5,10,14H,6,13H2,1-2H3. The van der Waals surface area contributed by atoms with Crippen LogP contribution in [0.1, 0.15) is 5.56 Å². The highest BCUT2D eigenvalue weighted by molar-refractivity contribution is 6.31. The van der Waals surface area contributed by atoms with Crippen molar-refractivity contribution in [3.05, 3.63) is 28.8 Å². The third-order valence-electron chi connectivity index (χ3n) is 2.23. The summed E-state index contributed by atoms with van der Waals surface area (Å²) >= 11 is 5.97. The van der Waals surface area contributed by atoms with Crippen LogP contribution < -0.4 is 11.1 Å². The minimum absolute atomic E-state index is 0.165. The van der Waals surface area contributed by atoms with E-state index in [9.17, 15) is 4.79 Å². The number of hydrogen-bond donors (Lipinski definition) is 2. The van der Waals surface area contributed by atoms with Crippen LogP contribution in [0, 0.1) is 6.92 Å². The summed E-state index contributed by atoms with van der Waals surface area (Å²) in [6.45, 7) is 2.07. The molecule has 0 saturated heterocycles. The first kappa shape index (κ1) is 12.8. The maximum atomic E-state index is 11.3. The largest absolute Gasteiger partial charge is 0.467 e. The first-order chi connectivity index (χ1) is 7.58. The second kappa shape index (κ2) is 5.72. The molecule has 0 aromatic heterocycles. The summed E-state index contributed by atoms with van der Waals surface area (Å²) in [5.41, 5.74) is 7.20. The Kier molecular flexibility index (Phi) is 4.58. The van der Waals surface area contributed by atoms with Gasteiger partial charge in [0.15, 0.2) is 0 Å². The summed E-state index contributed by atoms with van der Waals surface area (Å²) < 4.78 is 4.61. The third kappa shape index (κ3) is 3.12. The van der Waals surface area contributed by atoms with E-state index in [1.165, 1.54) is 7.11 Å². The van der Waals surface area contributed by atoms with Gasteiger partial charge in [0.2, 0.25) is 0 Å². The van der Waals surface area contributed by atoms with E-state index in [1.807, 2.05) is 19.1 Å². The molecule has 16 heavy (non-hydrogen) atoms. The van der Waals surface area contributed by atoms with E-state index in [4.69, 9.17) is 17.3 Å². The average molecular weight is 243 g/mol. The summed E-state index contributed by atoms with van der Waals surface area (Å²) in [5.74, 6) is -0.390. The van der Waals surface area contributed by atoms with Crippen LogP contribution in [0.25, 0.3) is 0 Å². The fourth-order valence-electron chi connectivity index (χ4n) is 1.24. The van der Waals surface area contributed by atoms with Gasteiger partial charge in [-0.05, 0) is 24.6 Å². The molecule has 4 nitrogen and oxygen atoms in total. The second-order valence-electron chi connectivity index (χ2n) is 3.42. The van der Waals surface area contributed by atoms with E-state index in [0.29, 0.717) is 5.02 Å². The average Bonchev–Trinajstić information content (AvgIpc) is 2.29. The highest BCUT2D eigenvalue weighted by Gasteiger charge is 2.16. The zero-order valence-corrected chi connectivity index (χ0v) is 10.0. The molecule has 1 aromatic rings. The molecular weight excluding hydrogens is 228 g/mol. The summed E-state index contributed by atoms with van der Waals surface area (Å²) in [6, 6.07) is 4.91. The molecule has 0 fully saturated rings. The van der Waals surface area contributed by atoms with Crippen LogP contribution in [0.5, 0.6) is 0 Å². The first-order valence-corrected chi connectivity index (χ1v) is 5.27. The van der Waals surface area contributed by atoms with Crippen LogP contribution in [0.15, 0.2) is 18.2 Å². The number of hydrogen-bond acceptors (Lipinski definition) is 4. The smallest absolute Gasteiger partial charge is 0.329 e. The van der Waals surface area contributed by atoms with Crippen LogP contribution in [0.4, 0.5) is 5.69 Å². The highest BCUT2D eigenvalue weighted by Crippen LogP contribution is 2.20. The zero-order chi connectivity index (χ0) is 12.1. The lowest BCUT2D eigenvalue weighted by Crippen LogP contribution is -2.37. The maximum absolute atomic E-state index is 11.3. The number of anilines is 1. The van der Waals surface area contributed by atoms with Crippen molar-refractivity contribution in [2.24, 2.45) is 5.73 Å². The van der Waals surface area contributed by atoms with Crippen molar-refractivity contribution in [1.29, 1.82) is 0 Å². The van der Waals surface area contributed by atoms with E-state index < -0.39 is 6.04 Å². The molecule has 0 aliphatic heterocycles. The van der Waals surface area contributed by atoms with Crippen molar-refractivity contribution in [2.75, 3.05) is 19.0 Å². The Balaban J connectivity index is 2.78. The lowest BCUT2D eigenvalue weighted by Gasteiger charge is -2.16.